The van der Waals surface area contributed by atoms with E-state index in [-0.39, 0.29) is 13.0 Å². The van der Waals surface area contributed by atoms with E-state index in [2.05, 4.69) is 0 Å². The van der Waals surface area contributed by atoms with Crippen molar-refractivity contribution in [2.45, 2.75) is 13.0 Å². The van der Waals surface area contributed by atoms with Crippen LogP contribution in [0.2, 0.25) is 5.02 Å². The van der Waals surface area contributed by atoms with E-state index < -0.39 is 5.82 Å². The Morgan fingerprint density at radius 2 is 2.29 bits per heavy atom. The van der Waals surface area contributed by atoms with Gasteiger partial charge in [-0.05, 0) is 17.7 Å². The fraction of sp³-hybridized carbons (Fsp3) is 0.300. The summed E-state index contributed by atoms with van der Waals surface area (Å²) in [5.41, 5.74) is 0.908. The lowest BCUT2D eigenvalue weighted by atomic mass is 10.1. The van der Waals surface area contributed by atoms with E-state index >= 15 is 0 Å². The maximum absolute atomic E-state index is 13.3. The van der Waals surface area contributed by atoms with Crippen LogP contribution in [0.15, 0.2) is 12.1 Å². The third-order valence-electron chi connectivity index (χ3n) is 1.77. The van der Waals surface area contributed by atoms with Crippen molar-refractivity contribution in [1.82, 2.24) is 0 Å². The van der Waals surface area contributed by atoms with Crippen LogP contribution in [0.5, 0.6) is 0 Å². The van der Waals surface area contributed by atoms with E-state index in [1.54, 1.807) is 6.07 Å². The van der Waals surface area contributed by atoms with Crippen LogP contribution >= 0.6 is 11.6 Å². The number of nitrogens with zero attached hydrogens (tertiary/aromatic N) is 1. The molecule has 4 heteroatoms. The van der Waals surface area contributed by atoms with Crippen LogP contribution in [0.4, 0.5) is 4.39 Å². The lowest BCUT2D eigenvalue weighted by Gasteiger charge is -2.06. The van der Waals surface area contributed by atoms with Crippen molar-refractivity contribution in [1.29, 1.82) is 5.26 Å². The molecular weight excluding hydrogens is 205 g/mol. The molecule has 14 heavy (non-hydrogen) atoms. The zero-order chi connectivity index (χ0) is 10.6. The largest absolute Gasteiger partial charge is 0.380 e. The van der Waals surface area contributed by atoms with Gasteiger partial charge in [-0.15, -0.1) is 0 Å². The molecule has 0 aliphatic heterocycles. The highest BCUT2D eigenvalue weighted by Crippen LogP contribution is 2.22. The predicted molar refractivity (Wildman–Crippen MR) is 51.4 cm³/mol. The van der Waals surface area contributed by atoms with Gasteiger partial charge in [0.25, 0.3) is 0 Å². The van der Waals surface area contributed by atoms with Gasteiger partial charge in [-0.25, -0.2) is 4.39 Å². The second kappa shape index (κ2) is 4.94. The maximum Gasteiger partial charge on any atom is 0.130 e. The number of benzene rings is 1. The molecule has 0 aromatic heterocycles. The molecule has 74 valence electrons. The molecule has 0 saturated carbocycles. The van der Waals surface area contributed by atoms with Crippen LogP contribution < -0.4 is 0 Å². The van der Waals surface area contributed by atoms with Gasteiger partial charge in [-0.3, -0.25) is 0 Å². The molecule has 0 unspecified atom stereocenters. The molecule has 0 saturated heterocycles. The molecule has 0 fully saturated rings. The minimum atomic E-state index is -0.426. The monoisotopic (exact) mass is 213 g/mol. The smallest absolute Gasteiger partial charge is 0.130 e. The first-order valence-corrected chi connectivity index (χ1v) is 4.39. The number of methoxy groups -OCH3 is 1. The van der Waals surface area contributed by atoms with Crippen LogP contribution in [0.25, 0.3) is 0 Å². The molecule has 0 atom stereocenters. The second-order valence-electron chi connectivity index (χ2n) is 2.81. The van der Waals surface area contributed by atoms with Crippen molar-refractivity contribution in [3.05, 3.63) is 34.1 Å². The Balaban J connectivity index is 3.06. The summed E-state index contributed by atoms with van der Waals surface area (Å²) in [5, 5.41) is 8.74. The topological polar surface area (TPSA) is 33.0 Å². The summed E-state index contributed by atoms with van der Waals surface area (Å²) < 4.78 is 18.1. The summed E-state index contributed by atoms with van der Waals surface area (Å²) in [7, 11) is 1.47. The Labute approximate surface area is 86.9 Å². The highest BCUT2D eigenvalue weighted by Gasteiger charge is 2.08. The SMILES string of the molecule is COCc1c(F)cc(CC#N)cc1Cl. The first-order valence-electron chi connectivity index (χ1n) is 4.01. The second-order valence-corrected chi connectivity index (χ2v) is 3.21. The lowest BCUT2D eigenvalue weighted by molar-refractivity contribution is 0.181. The molecule has 0 spiro atoms. The minimum Gasteiger partial charge on any atom is -0.380 e. The number of rotatable bonds is 3. The Bertz CT molecular complexity index is 350. The van der Waals surface area contributed by atoms with Gasteiger partial charge in [0.2, 0.25) is 0 Å². The molecule has 2 nitrogen and oxygen atoms in total. The third kappa shape index (κ3) is 2.44. The van der Waals surface area contributed by atoms with Gasteiger partial charge in [-0.2, -0.15) is 5.26 Å². The van der Waals surface area contributed by atoms with Gasteiger partial charge >= 0.3 is 0 Å². The van der Waals surface area contributed by atoms with Gasteiger partial charge in [0.05, 0.1) is 19.1 Å². The number of hydrogen-bond acceptors (Lipinski definition) is 2. The first kappa shape index (κ1) is 11.0. The normalized spacial score (nSPS) is 9.86. The molecule has 1 aromatic rings. The predicted octanol–water partition coefficient (Wildman–Crippen LogP) is 2.69. The summed E-state index contributed by atoms with van der Waals surface area (Å²) >= 11 is 5.82. The van der Waals surface area contributed by atoms with Crippen LogP contribution in [0.3, 0.4) is 0 Å². The van der Waals surface area contributed by atoms with E-state index in [1.807, 2.05) is 6.07 Å². The molecule has 0 radical (unpaired) electrons. The highest BCUT2D eigenvalue weighted by atomic mass is 35.5. The van der Waals surface area contributed by atoms with Gasteiger partial charge in [0, 0.05) is 17.7 Å². The zero-order valence-electron chi connectivity index (χ0n) is 7.68. The van der Waals surface area contributed by atoms with Crippen LogP contribution in [-0.2, 0) is 17.8 Å². The van der Waals surface area contributed by atoms with Crippen LogP contribution in [0.1, 0.15) is 11.1 Å². The quantitative estimate of drug-likeness (QED) is 0.774. The third-order valence-corrected chi connectivity index (χ3v) is 2.11. The Morgan fingerprint density at radius 3 is 2.79 bits per heavy atom. The van der Waals surface area contributed by atoms with Crippen molar-refractivity contribution in [3.63, 3.8) is 0 Å². The Kier molecular flexibility index (Phi) is 3.87. The summed E-state index contributed by atoms with van der Waals surface area (Å²) in [4.78, 5) is 0. The average Bonchev–Trinajstić information content (AvgIpc) is 2.12. The van der Waals surface area contributed by atoms with Gasteiger partial charge in [0.15, 0.2) is 0 Å². The molecule has 1 aromatic carbocycles. The van der Waals surface area contributed by atoms with Crippen molar-refractivity contribution < 1.29 is 9.13 Å². The summed E-state index contributed by atoms with van der Waals surface area (Å²) in [6, 6.07) is 4.83. The fourth-order valence-corrected chi connectivity index (χ4v) is 1.42. The number of nitriles is 1. The van der Waals surface area contributed by atoms with Crippen molar-refractivity contribution in [2.24, 2.45) is 0 Å². The van der Waals surface area contributed by atoms with E-state index in [0.717, 1.165) is 0 Å². The highest BCUT2D eigenvalue weighted by molar-refractivity contribution is 6.31. The first-order chi connectivity index (χ1) is 6.69. The van der Waals surface area contributed by atoms with Crippen LogP contribution in [0, 0.1) is 17.1 Å². The van der Waals surface area contributed by atoms with E-state index in [1.165, 1.54) is 13.2 Å². The van der Waals surface area contributed by atoms with Gasteiger partial charge in [-0.1, -0.05) is 11.6 Å². The van der Waals surface area contributed by atoms with Crippen molar-refractivity contribution in [3.8, 4) is 6.07 Å². The van der Waals surface area contributed by atoms with Gasteiger partial charge < -0.3 is 4.74 Å². The lowest BCUT2D eigenvalue weighted by Crippen LogP contribution is -1.96. The molecule has 1 rings (SSSR count). The average molecular weight is 214 g/mol. The van der Waals surface area contributed by atoms with Crippen LogP contribution in [-0.4, -0.2) is 7.11 Å². The van der Waals surface area contributed by atoms with Crippen molar-refractivity contribution >= 4 is 11.6 Å². The molecular formula is C10H9ClFNO. The van der Waals surface area contributed by atoms with E-state index in [4.69, 9.17) is 21.6 Å². The van der Waals surface area contributed by atoms with Crippen molar-refractivity contribution in [2.75, 3.05) is 7.11 Å². The number of halogens is 2. The molecule has 0 N–H and O–H groups in total. The Morgan fingerprint density at radius 1 is 1.57 bits per heavy atom. The van der Waals surface area contributed by atoms with E-state index in [0.29, 0.717) is 16.1 Å². The Hall–Kier alpha value is -1.11. The summed E-state index contributed by atoms with van der Waals surface area (Å²) in [6.45, 7) is 0.136. The molecule has 0 aliphatic rings. The van der Waals surface area contributed by atoms with E-state index in [9.17, 15) is 4.39 Å². The summed E-state index contributed by atoms with van der Waals surface area (Å²) in [5.74, 6) is -0.426. The molecule has 0 aliphatic carbocycles. The van der Waals surface area contributed by atoms with Gasteiger partial charge in [0.1, 0.15) is 5.82 Å². The molecule has 0 heterocycles. The number of hydrogen-bond donors (Lipinski definition) is 0. The minimum absolute atomic E-state index is 0.136. The fourth-order valence-electron chi connectivity index (χ4n) is 1.13. The maximum atomic E-state index is 13.3. The number of ether oxygens (including phenoxy) is 1. The molecule has 0 amide bonds. The summed E-state index contributed by atoms with van der Waals surface area (Å²) in [6.07, 6.45) is 0.157. The molecule has 0 bridgehead atoms. The standard InChI is InChI=1S/C10H9ClFNO/c1-14-6-8-9(11)4-7(2-3-13)5-10(8)12/h4-5H,2,6H2,1H3. The zero-order valence-corrected chi connectivity index (χ0v) is 8.44.